The Hall–Kier alpha value is -1.77. The van der Waals surface area contributed by atoms with E-state index in [9.17, 15) is 10.1 Å². The highest BCUT2D eigenvalue weighted by molar-refractivity contribution is 5.85. The predicted molar refractivity (Wildman–Crippen MR) is 115 cm³/mol. The van der Waals surface area contributed by atoms with Crippen LogP contribution >= 0.6 is 12.4 Å². The summed E-state index contributed by atoms with van der Waals surface area (Å²) in [6, 6.07) is 10.9. The molecule has 1 saturated heterocycles. The Labute approximate surface area is 176 Å². The molecule has 0 aliphatic carbocycles. The molecule has 5 nitrogen and oxygen atoms in total. The monoisotopic (exact) mass is 407 g/mol. The van der Waals surface area contributed by atoms with Crippen molar-refractivity contribution in [2.75, 3.05) is 39.3 Å². The normalized spacial score (nSPS) is 16.8. The second kappa shape index (κ2) is 11.3. The van der Waals surface area contributed by atoms with Gasteiger partial charge in [0.05, 0.1) is 18.1 Å². The van der Waals surface area contributed by atoms with E-state index in [4.69, 9.17) is 4.74 Å². The summed E-state index contributed by atoms with van der Waals surface area (Å²) in [4.78, 5) is 16.0. The van der Waals surface area contributed by atoms with E-state index in [0.29, 0.717) is 19.7 Å². The summed E-state index contributed by atoms with van der Waals surface area (Å²) in [5.41, 5.74) is 1.91. The van der Waals surface area contributed by atoms with Crippen molar-refractivity contribution in [2.45, 2.75) is 46.0 Å². The van der Waals surface area contributed by atoms with E-state index in [1.165, 1.54) is 5.56 Å². The molecule has 0 spiro atoms. The van der Waals surface area contributed by atoms with E-state index in [0.717, 1.165) is 38.0 Å². The van der Waals surface area contributed by atoms with Gasteiger partial charge in [-0.1, -0.05) is 38.1 Å². The molecular formula is C22H34ClN3O2. The van der Waals surface area contributed by atoms with Crippen LogP contribution in [0.4, 0.5) is 4.79 Å². The molecule has 28 heavy (non-hydrogen) atoms. The van der Waals surface area contributed by atoms with Crippen LogP contribution in [0, 0.1) is 24.2 Å². The number of nitriles is 1. The number of benzene rings is 1. The number of carbonyl (C=O) groups excluding carboxylic acids is 1. The van der Waals surface area contributed by atoms with E-state index < -0.39 is 5.41 Å². The zero-order valence-electron chi connectivity index (χ0n) is 17.6. The minimum Gasteiger partial charge on any atom is -0.450 e. The molecule has 0 saturated carbocycles. The number of nitrogens with zero attached hydrogens (tertiary/aromatic N) is 3. The zero-order chi connectivity index (χ0) is 19.9. The molecule has 1 aliphatic heterocycles. The lowest BCUT2D eigenvalue weighted by Crippen LogP contribution is -2.49. The summed E-state index contributed by atoms with van der Waals surface area (Å²) in [6.45, 7) is 12.8. The average Bonchev–Trinajstić information content (AvgIpc) is 2.66. The van der Waals surface area contributed by atoms with Gasteiger partial charge in [-0.2, -0.15) is 5.26 Å². The minimum absolute atomic E-state index is 0. The smallest absolute Gasteiger partial charge is 0.409 e. The van der Waals surface area contributed by atoms with Crippen molar-refractivity contribution in [1.82, 2.24) is 9.80 Å². The molecule has 0 bridgehead atoms. The molecule has 1 aromatic rings. The zero-order valence-corrected chi connectivity index (χ0v) is 18.4. The summed E-state index contributed by atoms with van der Waals surface area (Å²) < 4.78 is 5.08. The first-order chi connectivity index (χ1) is 12.9. The maximum absolute atomic E-state index is 11.8. The van der Waals surface area contributed by atoms with Gasteiger partial charge in [-0.25, -0.2) is 4.79 Å². The van der Waals surface area contributed by atoms with Crippen LogP contribution in [0.3, 0.4) is 0 Å². The van der Waals surface area contributed by atoms with Gasteiger partial charge in [0, 0.05) is 26.2 Å². The van der Waals surface area contributed by atoms with Crippen molar-refractivity contribution < 1.29 is 9.53 Å². The second-order valence-corrected chi connectivity index (χ2v) is 7.68. The Kier molecular flexibility index (Phi) is 9.78. The van der Waals surface area contributed by atoms with Crippen LogP contribution in [-0.4, -0.2) is 55.2 Å². The van der Waals surface area contributed by atoms with E-state index in [2.05, 4.69) is 43.9 Å². The maximum Gasteiger partial charge on any atom is 0.409 e. The number of ether oxygens (including phenoxy) is 1. The fourth-order valence-corrected chi connectivity index (χ4v) is 4.00. The van der Waals surface area contributed by atoms with Gasteiger partial charge in [0.2, 0.25) is 0 Å². The first kappa shape index (κ1) is 24.3. The highest BCUT2D eigenvalue weighted by Crippen LogP contribution is 2.38. The van der Waals surface area contributed by atoms with Gasteiger partial charge in [-0.3, -0.25) is 4.90 Å². The van der Waals surface area contributed by atoms with Crippen molar-refractivity contribution in [1.29, 1.82) is 5.26 Å². The molecule has 1 atom stereocenters. The molecule has 1 heterocycles. The Bertz CT molecular complexity index is 666. The van der Waals surface area contributed by atoms with Gasteiger partial charge in [0.25, 0.3) is 0 Å². The lowest BCUT2D eigenvalue weighted by molar-refractivity contribution is 0.0787. The van der Waals surface area contributed by atoms with Crippen LogP contribution in [0.1, 0.15) is 44.7 Å². The van der Waals surface area contributed by atoms with Crippen molar-refractivity contribution in [3.63, 3.8) is 0 Å². The highest BCUT2D eigenvalue weighted by Gasteiger charge is 2.36. The highest BCUT2D eigenvalue weighted by atomic mass is 35.5. The standard InChI is InChI=1S/C22H33N3O2.ClH/c1-5-27-21(26)25-15-13-24(14-16-25)12-8-11-22(17-23,18(2)3)20-10-7-6-9-19(20)4;/h6-7,9-10,18H,5,8,11-16H2,1-4H3;1H. The van der Waals surface area contributed by atoms with Crippen molar-refractivity contribution in [3.8, 4) is 6.07 Å². The third kappa shape index (κ3) is 5.62. The molecule has 0 N–H and O–H groups in total. The van der Waals surface area contributed by atoms with Crippen molar-refractivity contribution >= 4 is 18.5 Å². The van der Waals surface area contributed by atoms with Crippen LogP contribution in [0.5, 0.6) is 0 Å². The minimum atomic E-state index is -0.446. The summed E-state index contributed by atoms with van der Waals surface area (Å²) in [5.74, 6) is 0.254. The van der Waals surface area contributed by atoms with Crippen LogP contribution in [-0.2, 0) is 10.2 Å². The third-order valence-corrected chi connectivity index (χ3v) is 5.75. The molecule has 6 heteroatoms. The van der Waals surface area contributed by atoms with E-state index in [1.54, 1.807) is 4.90 Å². The number of halogens is 1. The Morgan fingerprint density at radius 3 is 2.43 bits per heavy atom. The number of hydrogen-bond donors (Lipinski definition) is 0. The summed E-state index contributed by atoms with van der Waals surface area (Å²) in [7, 11) is 0. The van der Waals surface area contributed by atoms with Crippen LogP contribution < -0.4 is 0 Å². The number of amides is 1. The summed E-state index contributed by atoms with van der Waals surface area (Å²) in [5, 5.41) is 10.1. The van der Waals surface area contributed by atoms with E-state index in [-0.39, 0.29) is 24.4 Å². The first-order valence-electron chi connectivity index (χ1n) is 10.1. The molecule has 0 aromatic heterocycles. The number of rotatable bonds is 7. The van der Waals surface area contributed by atoms with E-state index in [1.807, 2.05) is 19.1 Å². The maximum atomic E-state index is 11.8. The van der Waals surface area contributed by atoms with Gasteiger partial charge in [0.15, 0.2) is 0 Å². The fourth-order valence-electron chi connectivity index (χ4n) is 4.00. The Morgan fingerprint density at radius 1 is 1.25 bits per heavy atom. The molecular weight excluding hydrogens is 374 g/mol. The predicted octanol–water partition coefficient (Wildman–Crippen LogP) is 4.39. The average molecular weight is 408 g/mol. The largest absolute Gasteiger partial charge is 0.450 e. The second-order valence-electron chi connectivity index (χ2n) is 7.68. The number of aryl methyl sites for hydroxylation is 1. The molecule has 1 fully saturated rings. The van der Waals surface area contributed by atoms with Crippen LogP contribution in [0.25, 0.3) is 0 Å². The van der Waals surface area contributed by atoms with Gasteiger partial charge < -0.3 is 9.64 Å². The van der Waals surface area contributed by atoms with Gasteiger partial charge >= 0.3 is 6.09 Å². The van der Waals surface area contributed by atoms with E-state index >= 15 is 0 Å². The SMILES string of the molecule is CCOC(=O)N1CCN(CCCC(C#N)(c2ccccc2C)C(C)C)CC1.Cl. The molecule has 1 unspecified atom stereocenters. The number of carbonyl (C=O) groups is 1. The quantitative estimate of drug-likeness (QED) is 0.672. The lowest BCUT2D eigenvalue weighted by Gasteiger charge is -2.36. The van der Waals surface area contributed by atoms with Crippen LogP contribution in [0.2, 0.25) is 0 Å². The molecule has 1 amide bonds. The molecule has 0 radical (unpaired) electrons. The molecule has 2 rings (SSSR count). The third-order valence-electron chi connectivity index (χ3n) is 5.75. The topological polar surface area (TPSA) is 56.6 Å². The van der Waals surface area contributed by atoms with Gasteiger partial charge in [-0.05, 0) is 50.3 Å². The first-order valence-corrected chi connectivity index (χ1v) is 10.1. The molecule has 156 valence electrons. The molecule has 1 aliphatic rings. The van der Waals surface area contributed by atoms with Crippen molar-refractivity contribution in [2.24, 2.45) is 5.92 Å². The van der Waals surface area contributed by atoms with Crippen LogP contribution in [0.15, 0.2) is 24.3 Å². The Balaban J connectivity index is 0.00000392. The summed E-state index contributed by atoms with van der Waals surface area (Å²) in [6.07, 6.45) is 1.61. The number of hydrogen-bond acceptors (Lipinski definition) is 4. The van der Waals surface area contributed by atoms with Crippen molar-refractivity contribution in [3.05, 3.63) is 35.4 Å². The lowest BCUT2D eigenvalue weighted by atomic mass is 9.68. The number of piperazine rings is 1. The van der Waals surface area contributed by atoms with Gasteiger partial charge in [-0.15, -0.1) is 12.4 Å². The fraction of sp³-hybridized carbons (Fsp3) is 0.636. The summed E-state index contributed by atoms with van der Waals surface area (Å²) >= 11 is 0. The Morgan fingerprint density at radius 2 is 1.89 bits per heavy atom. The molecule has 1 aromatic carbocycles. The van der Waals surface area contributed by atoms with Gasteiger partial charge in [0.1, 0.15) is 0 Å².